The molecule has 0 radical (unpaired) electrons. The monoisotopic (exact) mass is 297 g/mol. The molecule has 1 amide bonds. The molecular weight excluding hydrogens is 278 g/mol. The molecule has 0 spiro atoms. The van der Waals surface area contributed by atoms with Crippen LogP contribution in [0.5, 0.6) is 0 Å². The van der Waals surface area contributed by atoms with Crippen molar-refractivity contribution in [3.8, 4) is 0 Å². The molecule has 2 saturated carbocycles. The standard InChI is InChI=1S/C13H19N3O3S/c1-13(4-5-13)8-15-12(17)11-6-10(20(14,18)19)7-16(11)9-2-3-9/h6-7,9H,2-5,8H2,1H3,(H,15,17)(H2,14,18,19). The first-order chi connectivity index (χ1) is 9.28. The lowest BCUT2D eigenvalue weighted by atomic mass is 10.1. The Hall–Kier alpha value is -1.34. The van der Waals surface area contributed by atoms with Crippen molar-refractivity contribution in [3.63, 3.8) is 0 Å². The lowest BCUT2D eigenvalue weighted by molar-refractivity contribution is 0.0936. The maximum Gasteiger partial charge on any atom is 0.267 e. The third-order valence-electron chi connectivity index (χ3n) is 4.10. The molecule has 2 aliphatic carbocycles. The molecule has 3 N–H and O–H groups in total. The van der Waals surface area contributed by atoms with Gasteiger partial charge in [0, 0.05) is 18.8 Å². The van der Waals surface area contributed by atoms with E-state index in [0.29, 0.717) is 12.2 Å². The van der Waals surface area contributed by atoms with Gasteiger partial charge in [-0.05, 0) is 37.2 Å². The average molecular weight is 297 g/mol. The molecule has 0 aliphatic heterocycles. The summed E-state index contributed by atoms with van der Waals surface area (Å²) in [5.74, 6) is -0.222. The Labute approximate surface area is 118 Å². The molecule has 0 unspecified atom stereocenters. The van der Waals surface area contributed by atoms with E-state index in [9.17, 15) is 13.2 Å². The van der Waals surface area contributed by atoms with Crippen LogP contribution in [0.4, 0.5) is 0 Å². The Morgan fingerprint density at radius 3 is 2.65 bits per heavy atom. The molecule has 0 bridgehead atoms. The normalized spacial score (nSPS) is 20.7. The summed E-state index contributed by atoms with van der Waals surface area (Å²) in [6.45, 7) is 2.76. The Balaban J connectivity index is 1.83. The number of amides is 1. The number of nitrogens with zero attached hydrogens (tertiary/aromatic N) is 1. The van der Waals surface area contributed by atoms with Crippen LogP contribution in [0.3, 0.4) is 0 Å². The van der Waals surface area contributed by atoms with Crippen LogP contribution in [0, 0.1) is 5.41 Å². The SMILES string of the molecule is CC1(CNC(=O)c2cc(S(N)(=O)=O)cn2C2CC2)CC1. The molecular formula is C13H19N3O3S. The number of hydrogen-bond acceptors (Lipinski definition) is 3. The summed E-state index contributed by atoms with van der Waals surface area (Å²) in [7, 11) is -3.78. The summed E-state index contributed by atoms with van der Waals surface area (Å²) in [4.78, 5) is 12.3. The second-order valence-electron chi connectivity index (χ2n) is 6.24. The Kier molecular flexibility index (Phi) is 2.95. The maximum absolute atomic E-state index is 12.2. The van der Waals surface area contributed by atoms with Gasteiger partial charge in [0.25, 0.3) is 5.91 Å². The molecule has 0 saturated heterocycles. The predicted molar refractivity (Wildman–Crippen MR) is 73.8 cm³/mol. The molecule has 2 aliphatic rings. The van der Waals surface area contributed by atoms with E-state index in [4.69, 9.17) is 5.14 Å². The van der Waals surface area contributed by atoms with Gasteiger partial charge in [0.1, 0.15) is 10.6 Å². The molecule has 3 rings (SSSR count). The fourth-order valence-corrected chi connectivity index (χ4v) is 2.76. The third kappa shape index (κ3) is 2.73. The van der Waals surface area contributed by atoms with Gasteiger partial charge in [-0.3, -0.25) is 4.79 Å². The molecule has 20 heavy (non-hydrogen) atoms. The number of carbonyl (C=O) groups excluding carboxylic acids is 1. The smallest absolute Gasteiger partial charge is 0.267 e. The van der Waals surface area contributed by atoms with Crippen LogP contribution < -0.4 is 10.5 Å². The minimum atomic E-state index is -3.78. The van der Waals surface area contributed by atoms with E-state index < -0.39 is 10.0 Å². The molecule has 1 aromatic rings. The number of hydrogen-bond donors (Lipinski definition) is 2. The van der Waals surface area contributed by atoms with Crippen LogP contribution in [-0.4, -0.2) is 25.4 Å². The number of rotatable bonds is 5. The summed E-state index contributed by atoms with van der Waals surface area (Å²) in [6.07, 6.45) is 5.66. The van der Waals surface area contributed by atoms with Crippen molar-refractivity contribution in [2.75, 3.05) is 6.54 Å². The highest BCUT2D eigenvalue weighted by Gasteiger charge is 2.38. The summed E-state index contributed by atoms with van der Waals surface area (Å²) in [6, 6.07) is 1.60. The van der Waals surface area contributed by atoms with Crippen molar-refractivity contribution in [2.24, 2.45) is 10.6 Å². The lowest BCUT2D eigenvalue weighted by Crippen LogP contribution is -2.30. The highest BCUT2D eigenvalue weighted by Crippen LogP contribution is 2.44. The molecule has 1 aromatic heterocycles. The molecule has 0 atom stereocenters. The Morgan fingerprint density at radius 1 is 1.50 bits per heavy atom. The van der Waals surface area contributed by atoms with Crippen LogP contribution in [-0.2, 0) is 10.0 Å². The van der Waals surface area contributed by atoms with E-state index >= 15 is 0 Å². The van der Waals surface area contributed by atoms with Crippen LogP contribution in [0.1, 0.15) is 49.1 Å². The number of primary sulfonamides is 1. The van der Waals surface area contributed by atoms with Crippen molar-refractivity contribution < 1.29 is 13.2 Å². The average Bonchev–Trinajstić information content (AvgIpc) is 3.27. The van der Waals surface area contributed by atoms with E-state index in [-0.39, 0.29) is 22.3 Å². The van der Waals surface area contributed by atoms with Crippen LogP contribution in [0.15, 0.2) is 17.2 Å². The van der Waals surface area contributed by atoms with Crippen LogP contribution in [0.2, 0.25) is 0 Å². The number of nitrogens with one attached hydrogen (secondary N) is 1. The van der Waals surface area contributed by atoms with Gasteiger partial charge in [-0.1, -0.05) is 6.92 Å². The zero-order chi connectivity index (χ0) is 14.5. The zero-order valence-electron chi connectivity index (χ0n) is 11.4. The maximum atomic E-state index is 12.2. The van der Waals surface area contributed by atoms with Crippen LogP contribution in [0.25, 0.3) is 0 Å². The number of nitrogens with two attached hydrogens (primary N) is 1. The molecule has 0 aromatic carbocycles. The minimum absolute atomic E-state index is 0.00665. The third-order valence-corrected chi connectivity index (χ3v) is 4.98. The largest absolute Gasteiger partial charge is 0.350 e. The topological polar surface area (TPSA) is 94.2 Å². The predicted octanol–water partition coefficient (Wildman–Crippen LogP) is 1.00. The van der Waals surface area contributed by atoms with E-state index in [1.165, 1.54) is 12.3 Å². The second-order valence-corrected chi connectivity index (χ2v) is 7.80. The molecule has 2 fully saturated rings. The van der Waals surface area contributed by atoms with Crippen molar-refractivity contribution in [1.29, 1.82) is 0 Å². The highest BCUT2D eigenvalue weighted by molar-refractivity contribution is 7.89. The number of aromatic nitrogens is 1. The van der Waals surface area contributed by atoms with E-state index in [1.807, 2.05) is 0 Å². The van der Waals surface area contributed by atoms with Crippen molar-refractivity contribution in [3.05, 3.63) is 18.0 Å². The second kappa shape index (κ2) is 4.33. The number of carbonyl (C=O) groups is 1. The van der Waals surface area contributed by atoms with Crippen molar-refractivity contribution >= 4 is 15.9 Å². The van der Waals surface area contributed by atoms with Crippen molar-refractivity contribution in [1.82, 2.24) is 9.88 Å². The van der Waals surface area contributed by atoms with Gasteiger partial charge in [-0.15, -0.1) is 0 Å². The molecule has 6 nitrogen and oxygen atoms in total. The summed E-state index contributed by atoms with van der Waals surface area (Å²) in [5, 5.41) is 8.03. The van der Waals surface area contributed by atoms with Gasteiger partial charge in [-0.2, -0.15) is 0 Å². The van der Waals surface area contributed by atoms with Crippen LogP contribution >= 0.6 is 0 Å². The van der Waals surface area contributed by atoms with E-state index in [2.05, 4.69) is 12.2 Å². The molecule has 110 valence electrons. The van der Waals surface area contributed by atoms with Gasteiger partial charge < -0.3 is 9.88 Å². The van der Waals surface area contributed by atoms with Gasteiger partial charge in [0.15, 0.2) is 0 Å². The molecule has 1 heterocycles. The first-order valence-corrected chi connectivity index (χ1v) is 8.36. The first kappa shape index (κ1) is 13.6. The molecule has 7 heteroatoms. The van der Waals surface area contributed by atoms with Gasteiger partial charge in [0.05, 0.1) is 0 Å². The van der Waals surface area contributed by atoms with Gasteiger partial charge >= 0.3 is 0 Å². The first-order valence-electron chi connectivity index (χ1n) is 6.81. The zero-order valence-corrected chi connectivity index (χ0v) is 12.2. The minimum Gasteiger partial charge on any atom is -0.350 e. The fraction of sp³-hybridized carbons (Fsp3) is 0.615. The van der Waals surface area contributed by atoms with Crippen molar-refractivity contribution in [2.45, 2.75) is 43.5 Å². The lowest BCUT2D eigenvalue weighted by Gasteiger charge is -2.11. The Morgan fingerprint density at radius 2 is 2.15 bits per heavy atom. The Bertz CT molecular complexity index is 654. The summed E-state index contributed by atoms with van der Waals surface area (Å²) in [5.41, 5.74) is 0.607. The fourth-order valence-electron chi connectivity index (χ4n) is 2.22. The van der Waals surface area contributed by atoms with Gasteiger partial charge in [-0.25, -0.2) is 13.6 Å². The van der Waals surface area contributed by atoms with E-state index in [0.717, 1.165) is 25.7 Å². The summed E-state index contributed by atoms with van der Waals surface area (Å²) >= 11 is 0. The quantitative estimate of drug-likeness (QED) is 0.849. The summed E-state index contributed by atoms with van der Waals surface area (Å²) < 4.78 is 24.6. The highest BCUT2D eigenvalue weighted by atomic mass is 32.2. The van der Waals surface area contributed by atoms with E-state index in [1.54, 1.807) is 4.57 Å². The number of sulfonamides is 1. The van der Waals surface area contributed by atoms with Gasteiger partial charge in [0.2, 0.25) is 10.0 Å².